The number of benzene rings is 1. The zero-order chi connectivity index (χ0) is 12.7. The molecule has 0 amide bonds. The molecule has 0 aromatic heterocycles. The van der Waals surface area contributed by atoms with Crippen LogP contribution in [-0.4, -0.2) is 18.7 Å². The Morgan fingerprint density at radius 3 is 2.71 bits per heavy atom. The van der Waals surface area contributed by atoms with Crippen LogP contribution in [0.4, 0.5) is 0 Å². The predicted octanol–water partition coefficient (Wildman–Crippen LogP) is 3.54. The zero-order valence-electron chi connectivity index (χ0n) is 11.5. The second-order valence-electron chi connectivity index (χ2n) is 4.84. The van der Waals surface area contributed by atoms with E-state index >= 15 is 0 Å². The topological polar surface area (TPSA) is 21.3 Å². The highest BCUT2D eigenvalue weighted by Crippen LogP contribution is 2.15. The first-order valence-corrected chi connectivity index (χ1v) is 6.58. The van der Waals surface area contributed by atoms with Crippen molar-refractivity contribution >= 4 is 0 Å². The van der Waals surface area contributed by atoms with Gasteiger partial charge in [0.05, 0.1) is 6.10 Å². The minimum Gasteiger partial charge on any atom is -0.491 e. The molecule has 1 aromatic carbocycles. The number of ether oxygens (including phenoxy) is 1. The third-order valence-electron chi connectivity index (χ3n) is 2.76. The minimum absolute atomic E-state index is 0.246. The SMILES string of the molecule is CCCNC(C)CC(C)Oc1cccc(C)c1. The van der Waals surface area contributed by atoms with Crippen LogP contribution in [0, 0.1) is 6.92 Å². The molecule has 1 rings (SSSR count). The van der Waals surface area contributed by atoms with Gasteiger partial charge in [-0.1, -0.05) is 19.1 Å². The van der Waals surface area contributed by atoms with Gasteiger partial charge in [-0.25, -0.2) is 0 Å². The van der Waals surface area contributed by atoms with E-state index in [-0.39, 0.29) is 6.10 Å². The molecular formula is C15H25NO. The minimum atomic E-state index is 0.246. The van der Waals surface area contributed by atoms with Crippen molar-refractivity contribution in [1.82, 2.24) is 5.32 Å². The maximum absolute atomic E-state index is 5.91. The highest BCUT2D eigenvalue weighted by atomic mass is 16.5. The Balaban J connectivity index is 2.36. The molecule has 0 saturated heterocycles. The fourth-order valence-electron chi connectivity index (χ4n) is 1.94. The normalized spacial score (nSPS) is 14.4. The van der Waals surface area contributed by atoms with Gasteiger partial charge in [0.15, 0.2) is 0 Å². The van der Waals surface area contributed by atoms with Crippen LogP contribution in [0.3, 0.4) is 0 Å². The molecular weight excluding hydrogens is 210 g/mol. The van der Waals surface area contributed by atoms with E-state index in [1.807, 2.05) is 12.1 Å². The van der Waals surface area contributed by atoms with Crippen molar-refractivity contribution < 1.29 is 4.74 Å². The van der Waals surface area contributed by atoms with Crippen molar-refractivity contribution in [2.45, 2.75) is 52.7 Å². The predicted molar refractivity (Wildman–Crippen MR) is 73.6 cm³/mol. The average Bonchev–Trinajstić information content (AvgIpc) is 2.26. The standard InChI is InChI=1S/C15H25NO/c1-5-9-16-13(3)11-14(4)17-15-8-6-7-12(2)10-15/h6-8,10,13-14,16H,5,9,11H2,1-4H3. The fourth-order valence-corrected chi connectivity index (χ4v) is 1.94. The van der Waals surface area contributed by atoms with E-state index in [0.717, 1.165) is 18.7 Å². The van der Waals surface area contributed by atoms with Gasteiger partial charge in [-0.3, -0.25) is 0 Å². The van der Waals surface area contributed by atoms with Gasteiger partial charge >= 0.3 is 0 Å². The van der Waals surface area contributed by atoms with Gasteiger partial charge < -0.3 is 10.1 Å². The molecule has 0 bridgehead atoms. The summed E-state index contributed by atoms with van der Waals surface area (Å²) in [6.45, 7) is 9.70. The third-order valence-corrected chi connectivity index (χ3v) is 2.76. The second kappa shape index (κ2) is 7.33. The lowest BCUT2D eigenvalue weighted by atomic mass is 10.1. The van der Waals surface area contributed by atoms with Gasteiger partial charge in [-0.15, -0.1) is 0 Å². The summed E-state index contributed by atoms with van der Waals surface area (Å²) in [7, 11) is 0. The third kappa shape index (κ3) is 5.73. The van der Waals surface area contributed by atoms with Gasteiger partial charge in [0.2, 0.25) is 0 Å². The van der Waals surface area contributed by atoms with Crippen LogP contribution in [0.1, 0.15) is 39.2 Å². The lowest BCUT2D eigenvalue weighted by Crippen LogP contribution is -2.31. The molecule has 2 atom stereocenters. The lowest BCUT2D eigenvalue weighted by molar-refractivity contribution is 0.196. The molecule has 0 aliphatic rings. The van der Waals surface area contributed by atoms with E-state index in [4.69, 9.17) is 4.74 Å². The van der Waals surface area contributed by atoms with Crippen LogP contribution >= 0.6 is 0 Å². The van der Waals surface area contributed by atoms with Crippen molar-refractivity contribution in [2.24, 2.45) is 0 Å². The first kappa shape index (κ1) is 14.0. The summed E-state index contributed by atoms with van der Waals surface area (Å²) in [5.74, 6) is 0.972. The van der Waals surface area contributed by atoms with Gasteiger partial charge in [0.25, 0.3) is 0 Å². The Labute approximate surface area is 105 Å². The Hall–Kier alpha value is -1.02. The van der Waals surface area contributed by atoms with Crippen molar-refractivity contribution in [2.75, 3.05) is 6.54 Å². The largest absolute Gasteiger partial charge is 0.491 e. The van der Waals surface area contributed by atoms with Gasteiger partial charge in [-0.05, 0) is 57.9 Å². The van der Waals surface area contributed by atoms with Gasteiger partial charge in [0, 0.05) is 6.04 Å². The van der Waals surface area contributed by atoms with Crippen LogP contribution in [0.5, 0.6) is 5.75 Å². The highest BCUT2D eigenvalue weighted by molar-refractivity contribution is 5.27. The molecule has 1 aromatic rings. The molecule has 0 aliphatic heterocycles. The van der Waals surface area contributed by atoms with E-state index in [9.17, 15) is 0 Å². The molecule has 0 saturated carbocycles. The zero-order valence-corrected chi connectivity index (χ0v) is 11.5. The number of hydrogen-bond acceptors (Lipinski definition) is 2. The van der Waals surface area contributed by atoms with Crippen LogP contribution in [0.15, 0.2) is 24.3 Å². The summed E-state index contributed by atoms with van der Waals surface area (Å²) in [5, 5.41) is 3.48. The summed E-state index contributed by atoms with van der Waals surface area (Å²) < 4.78 is 5.91. The van der Waals surface area contributed by atoms with Crippen molar-refractivity contribution in [3.05, 3.63) is 29.8 Å². The van der Waals surface area contributed by atoms with E-state index in [1.54, 1.807) is 0 Å². The first-order valence-electron chi connectivity index (χ1n) is 6.58. The Morgan fingerprint density at radius 2 is 2.06 bits per heavy atom. The number of rotatable bonds is 7. The van der Waals surface area contributed by atoms with E-state index in [2.05, 4.69) is 45.1 Å². The van der Waals surface area contributed by atoms with E-state index in [0.29, 0.717) is 6.04 Å². The highest BCUT2D eigenvalue weighted by Gasteiger charge is 2.09. The number of nitrogens with one attached hydrogen (secondary N) is 1. The van der Waals surface area contributed by atoms with Crippen molar-refractivity contribution in [1.29, 1.82) is 0 Å². The first-order chi connectivity index (χ1) is 8.11. The van der Waals surface area contributed by atoms with Crippen molar-refractivity contribution in [3.8, 4) is 5.75 Å². The monoisotopic (exact) mass is 235 g/mol. The molecule has 2 heteroatoms. The van der Waals surface area contributed by atoms with Crippen molar-refractivity contribution in [3.63, 3.8) is 0 Å². The summed E-state index contributed by atoms with van der Waals surface area (Å²) in [6, 6.07) is 8.74. The molecule has 2 unspecified atom stereocenters. The van der Waals surface area contributed by atoms with Crippen LogP contribution in [0.25, 0.3) is 0 Å². The maximum atomic E-state index is 5.91. The number of hydrogen-bond donors (Lipinski definition) is 1. The second-order valence-corrected chi connectivity index (χ2v) is 4.84. The van der Waals surface area contributed by atoms with E-state index < -0.39 is 0 Å². The number of aryl methyl sites for hydroxylation is 1. The van der Waals surface area contributed by atoms with Gasteiger partial charge in [-0.2, -0.15) is 0 Å². The Morgan fingerprint density at radius 1 is 1.29 bits per heavy atom. The van der Waals surface area contributed by atoms with Crippen LogP contribution in [-0.2, 0) is 0 Å². The summed E-state index contributed by atoms with van der Waals surface area (Å²) in [5.41, 5.74) is 1.24. The summed E-state index contributed by atoms with van der Waals surface area (Å²) in [4.78, 5) is 0. The van der Waals surface area contributed by atoms with Crippen LogP contribution < -0.4 is 10.1 Å². The van der Waals surface area contributed by atoms with E-state index in [1.165, 1.54) is 12.0 Å². The Kier molecular flexibility index (Phi) is 6.06. The molecule has 0 heterocycles. The molecule has 96 valence electrons. The fraction of sp³-hybridized carbons (Fsp3) is 0.600. The molecule has 0 spiro atoms. The quantitative estimate of drug-likeness (QED) is 0.780. The molecule has 0 radical (unpaired) electrons. The molecule has 2 nitrogen and oxygen atoms in total. The molecule has 17 heavy (non-hydrogen) atoms. The average molecular weight is 235 g/mol. The smallest absolute Gasteiger partial charge is 0.119 e. The molecule has 0 aliphatic carbocycles. The maximum Gasteiger partial charge on any atom is 0.119 e. The van der Waals surface area contributed by atoms with Crippen LogP contribution in [0.2, 0.25) is 0 Å². The summed E-state index contributed by atoms with van der Waals surface area (Å²) in [6.07, 6.45) is 2.46. The Bertz CT molecular complexity index is 324. The lowest BCUT2D eigenvalue weighted by Gasteiger charge is -2.20. The van der Waals surface area contributed by atoms with Gasteiger partial charge in [0.1, 0.15) is 5.75 Å². The molecule has 1 N–H and O–H groups in total. The molecule has 0 fully saturated rings. The summed E-state index contributed by atoms with van der Waals surface area (Å²) >= 11 is 0.